The molecule has 0 amide bonds. The molecule has 2 rings (SSSR count). The van der Waals surface area contributed by atoms with Crippen molar-refractivity contribution in [2.45, 2.75) is 32.7 Å². The highest BCUT2D eigenvalue weighted by Crippen LogP contribution is 2.27. The van der Waals surface area contributed by atoms with Gasteiger partial charge in [0.05, 0.1) is 5.69 Å². The lowest BCUT2D eigenvalue weighted by Gasteiger charge is -2.14. The highest BCUT2D eigenvalue weighted by Gasteiger charge is 2.17. The predicted molar refractivity (Wildman–Crippen MR) is 83.9 cm³/mol. The minimum absolute atomic E-state index is 0.0638. The van der Waals surface area contributed by atoms with Crippen molar-refractivity contribution in [3.8, 4) is 5.75 Å². The molecule has 0 aliphatic rings. The van der Waals surface area contributed by atoms with Crippen molar-refractivity contribution in [2.75, 3.05) is 5.32 Å². The number of thiazole rings is 1. The van der Waals surface area contributed by atoms with E-state index in [2.05, 4.69) is 52.4 Å². The van der Waals surface area contributed by atoms with Crippen LogP contribution in [0.15, 0.2) is 28.1 Å². The van der Waals surface area contributed by atoms with Crippen LogP contribution in [-0.2, 0) is 12.0 Å². The van der Waals surface area contributed by atoms with Crippen LogP contribution < -0.4 is 5.32 Å². The molecular weight excluding hydrogens is 324 g/mol. The van der Waals surface area contributed by atoms with Crippen molar-refractivity contribution in [2.24, 2.45) is 0 Å². The molecular formula is C14H17BrN2OS. The van der Waals surface area contributed by atoms with E-state index in [1.807, 2.05) is 12.1 Å². The summed E-state index contributed by atoms with van der Waals surface area (Å²) in [6.45, 7) is 6.99. The van der Waals surface area contributed by atoms with Gasteiger partial charge in [-0.3, -0.25) is 0 Å². The molecule has 1 aromatic carbocycles. The van der Waals surface area contributed by atoms with E-state index in [1.54, 1.807) is 17.4 Å². The monoisotopic (exact) mass is 340 g/mol. The smallest absolute Gasteiger partial charge is 0.183 e. The molecule has 1 heterocycles. The van der Waals surface area contributed by atoms with Gasteiger partial charge < -0.3 is 10.4 Å². The number of aromatic hydroxyl groups is 1. The normalized spacial score (nSPS) is 11.6. The summed E-state index contributed by atoms with van der Waals surface area (Å²) in [4.78, 5) is 4.56. The number of hydrogen-bond donors (Lipinski definition) is 2. The number of halogens is 1. The first-order valence-corrected chi connectivity index (χ1v) is 7.71. The largest absolute Gasteiger partial charge is 0.508 e. The third kappa shape index (κ3) is 3.70. The van der Waals surface area contributed by atoms with Crippen molar-refractivity contribution >= 4 is 32.4 Å². The summed E-state index contributed by atoms with van der Waals surface area (Å²) in [6.07, 6.45) is 0. The number of hydrogen-bond acceptors (Lipinski definition) is 4. The maximum atomic E-state index is 9.77. The van der Waals surface area contributed by atoms with Crippen LogP contribution in [0, 0.1) is 0 Å². The van der Waals surface area contributed by atoms with Crippen LogP contribution in [0.5, 0.6) is 5.75 Å². The molecule has 0 fully saturated rings. The van der Waals surface area contributed by atoms with E-state index in [0.29, 0.717) is 12.3 Å². The van der Waals surface area contributed by atoms with Gasteiger partial charge in [0, 0.05) is 27.4 Å². The molecule has 19 heavy (non-hydrogen) atoms. The molecule has 0 unspecified atom stereocenters. The van der Waals surface area contributed by atoms with Gasteiger partial charge in [0.15, 0.2) is 5.13 Å². The molecule has 0 radical (unpaired) electrons. The van der Waals surface area contributed by atoms with Gasteiger partial charge in [0.2, 0.25) is 0 Å². The van der Waals surface area contributed by atoms with Crippen LogP contribution in [0.4, 0.5) is 5.13 Å². The first kappa shape index (κ1) is 14.3. The van der Waals surface area contributed by atoms with Gasteiger partial charge in [-0.1, -0.05) is 36.7 Å². The molecule has 0 aliphatic carbocycles. The number of rotatable bonds is 3. The fourth-order valence-electron chi connectivity index (χ4n) is 1.57. The van der Waals surface area contributed by atoms with Crippen molar-refractivity contribution in [1.82, 2.24) is 4.98 Å². The van der Waals surface area contributed by atoms with E-state index in [-0.39, 0.29) is 5.41 Å². The number of phenolic OH excluding ortho intramolecular Hbond substituents is 1. The second-order valence-corrected chi connectivity index (χ2v) is 7.19. The second-order valence-electron chi connectivity index (χ2n) is 5.41. The van der Waals surface area contributed by atoms with Crippen molar-refractivity contribution in [3.63, 3.8) is 0 Å². The Balaban J connectivity index is 2.06. The van der Waals surface area contributed by atoms with Crippen LogP contribution in [-0.4, -0.2) is 10.1 Å². The van der Waals surface area contributed by atoms with Gasteiger partial charge in [-0.25, -0.2) is 4.98 Å². The van der Waals surface area contributed by atoms with Crippen LogP contribution in [0.2, 0.25) is 0 Å². The minimum Gasteiger partial charge on any atom is -0.508 e. The van der Waals surface area contributed by atoms with Gasteiger partial charge in [-0.2, -0.15) is 0 Å². The minimum atomic E-state index is 0.0638. The third-order valence-electron chi connectivity index (χ3n) is 2.74. The van der Waals surface area contributed by atoms with E-state index < -0.39 is 0 Å². The summed E-state index contributed by atoms with van der Waals surface area (Å²) in [7, 11) is 0. The van der Waals surface area contributed by atoms with E-state index in [0.717, 1.165) is 20.9 Å². The topological polar surface area (TPSA) is 45.1 Å². The quantitative estimate of drug-likeness (QED) is 0.863. The van der Waals surface area contributed by atoms with Crippen molar-refractivity contribution < 1.29 is 5.11 Å². The Bertz CT molecular complexity index is 575. The van der Waals surface area contributed by atoms with Crippen molar-refractivity contribution in [3.05, 3.63) is 39.3 Å². The molecule has 102 valence electrons. The Hall–Kier alpha value is -1.07. The molecule has 1 aromatic heterocycles. The Morgan fingerprint density at radius 2 is 2.11 bits per heavy atom. The lowest BCUT2D eigenvalue weighted by Crippen LogP contribution is -2.11. The third-order valence-corrected chi connectivity index (χ3v) is 4.04. The van der Waals surface area contributed by atoms with E-state index in [4.69, 9.17) is 0 Å². The zero-order valence-electron chi connectivity index (χ0n) is 11.2. The van der Waals surface area contributed by atoms with E-state index in [9.17, 15) is 5.11 Å². The maximum Gasteiger partial charge on any atom is 0.183 e. The van der Waals surface area contributed by atoms with Gasteiger partial charge >= 0.3 is 0 Å². The SMILES string of the molecule is CC(C)(C)c1csc(NCc2cc(Br)ccc2O)n1. The zero-order chi connectivity index (χ0) is 14.0. The molecule has 3 nitrogen and oxygen atoms in total. The number of nitrogens with one attached hydrogen (secondary N) is 1. The van der Waals surface area contributed by atoms with Crippen LogP contribution >= 0.6 is 27.3 Å². The Morgan fingerprint density at radius 3 is 2.74 bits per heavy atom. The Kier molecular flexibility index (Phi) is 4.16. The second kappa shape index (κ2) is 5.51. The molecule has 0 aliphatic heterocycles. The fourth-order valence-corrected chi connectivity index (χ4v) is 2.91. The van der Waals surface area contributed by atoms with Gasteiger partial charge in [-0.15, -0.1) is 11.3 Å². The lowest BCUT2D eigenvalue weighted by molar-refractivity contribution is 0.469. The molecule has 0 atom stereocenters. The highest BCUT2D eigenvalue weighted by atomic mass is 79.9. The average Bonchev–Trinajstić information content (AvgIpc) is 2.79. The number of nitrogens with zero attached hydrogens (tertiary/aromatic N) is 1. The fraction of sp³-hybridized carbons (Fsp3) is 0.357. The molecule has 0 saturated heterocycles. The van der Waals surface area contributed by atoms with Crippen LogP contribution in [0.1, 0.15) is 32.0 Å². The molecule has 2 N–H and O–H groups in total. The lowest BCUT2D eigenvalue weighted by atomic mass is 9.93. The number of benzene rings is 1. The number of aromatic nitrogens is 1. The van der Waals surface area contributed by atoms with Crippen LogP contribution in [0.25, 0.3) is 0 Å². The Labute approximate surface area is 125 Å². The van der Waals surface area contributed by atoms with Gasteiger partial charge in [-0.05, 0) is 18.2 Å². The maximum absolute atomic E-state index is 9.77. The summed E-state index contributed by atoms with van der Waals surface area (Å²) in [6, 6.07) is 5.41. The summed E-state index contributed by atoms with van der Waals surface area (Å²) in [5.74, 6) is 0.295. The number of phenols is 1. The van der Waals surface area contributed by atoms with E-state index in [1.165, 1.54) is 0 Å². The van der Waals surface area contributed by atoms with Gasteiger partial charge in [0.25, 0.3) is 0 Å². The molecule has 0 spiro atoms. The number of anilines is 1. The Morgan fingerprint density at radius 1 is 1.37 bits per heavy atom. The van der Waals surface area contributed by atoms with Crippen molar-refractivity contribution in [1.29, 1.82) is 0 Å². The van der Waals surface area contributed by atoms with Gasteiger partial charge in [0.1, 0.15) is 5.75 Å². The zero-order valence-corrected chi connectivity index (χ0v) is 13.6. The summed E-state index contributed by atoms with van der Waals surface area (Å²) in [5.41, 5.74) is 1.99. The summed E-state index contributed by atoms with van der Waals surface area (Å²) >= 11 is 4.99. The summed E-state index contributed by atoms with van der Waals surface area (Å²) < 4.78 is 0.955. The molecule has 0 bridgehead atoms. The summed E-state index contributed by atoms with van der Waals surface area (Å²) in [5, 5.41) is 16.0. The predicted octanol–water partition coefficient (Wildman–Crippen LogP) is 4.52. The first-order chi connectivity index (χ1) is 8.86. The molecule has 2 aromatic rings. The highest BCUT2D eigenvalue weighted by molar-refractivity contribution is 9.10. The average molecular weight is 341 g/mol. The first-order valence-electron chi connectivity index (χ1n) is 6.03. The van der Waals surface area contributed by atoms with Crippen LogP contribution in [0.3, 0.4) is 0 Å². The van der Waals surface area contributed by atoms with E-state index >= 15 is 0 Å². The molecule has 5 heteroatoms. The standard InChI is InChI=1S/C14H17BrN2OS/c1-14(2,3)12-8-19-13(17-12)16-7-9-6-10(15)4-5-11(9)18/h4-6,8,18H,7H2,1-3H3,(H,16,17). The molecule has 0 saturated carbocycles.